The van der Waals surface area contributed by atoms with Crippen molar-refractivity contribution in [2.24, 2.45) is 0 Å². The Kier molecular flexibility index (Phi) is 7.64. The van der Waals surface area contributed by atoms with E-state index in [0.717, 1.165) is 33.1 Å². The van der Waals surface area contributed by atoms with E-state index in [9.17, 15) is 13.6 Å². The summed E-state index contributed by atoms with van der Waals surface area (Å²) < 4.78 is 32.9. The third-order valence-corrected chi connectivity index (χ3v) is 6.06. The smallest absolute Gasteiger partial charge is 0.318 e. The number of hydrogen-bond donors (Lipinski definition) is 1. The number of hydrogen-bond acceptors (Lipinski definition) is 4. The van der Waals surface area contributed by atoms with E-state index in [4.69, 9.17) is 4.74 Å². The zero-order valence-corrected chi connectivity index (χ0v) is 20.8. The highest BCUT2D eigenvalue weighted by Gasteiger charge is 2.18. The number of ether oxygens (including phenoxy) is 1. The van der Waals surface area contributed by atoms with Gasteiger partial charge in [-0.3, -0.25) is 9.36 Å². The molecular weight excluding hydrogens is 462 g/mol. The number of nitrogens with zero attached hydrogens (tertiary/aromatic N) is 3. The molecule has 0 saturated carbocycles. The number of aromatic nitrogens is 2. The first-order valence-corrected chi connectivity index (χ1v) is 11.8. The van der Waals surface area contributed by atoms with Crippen LogP contribution in [0.3, 0.4) is 0 Å². The molecule has 36 heavy (non-hydrogen) atoms. The van der Waals surface area contributed by atoms with Gasteiger partial charge in [0.2, 0.25) is 0 Å². The summed E-state index contributed by atoms with van der Waals surface area (Å²) in [6.45, 7) is 2.46. The summed E-state index contributed by atoms with van der Waals surface area (Å²) in [5.74, 6) is 0.421. The summed E-state index contributed by atoms with van der Waals surface area (Å²) in [7, 11) is 3.95. The van der Waals surface area contributed by atoms with Gasteiger partial charge in [0.05, 0.1) is 17.3 Å². The minimum absolute atomic E-state index is 0.218. The number of rotatable bonds is 9. The normalized spacial score (nSPS) is 12.3. The minimum atomic E-state index is -2.62. The fourth-order valence-corrected chi connectivity index (χ4v) is 4.03. The van der Waals surface area contributed by atoms with Crippen molar-refractivity contribution < 1.29 is 18.3 Å². The third-order valence-electron chi connectivity index (χ3n) is 6.06. The monoisotopic (exact) mass is 492 g/mol. The van der Waals surface area contributed by atoms with Crippen LogP contribution in [0.4, 0.5) is 8.78 Å². The number of amides is 1. The van der Waals surface area contributed by atoms with Gasteiger partial charge in [0.1, 0.15) is 12.4 Å². The van der Waals surface area contributed by atoms with Crippen molar-refractivity contribution in [3.63, 3.8) is 0 Å². The summed E-state index contributed by atoms with van der Waals surface area (Å²) in [4.78, 5) is 20.0. The number of likely N-dealkylation sites (N-methyl/N-ethyl adjacent to an activating group) is 1. The van der Waals surface area contributed by atoms with Crippen LogP contribution in [0.5, 0.6) is 5.75 Å². The number of carbonyl (C=O) groups is 1. The van der Waals surface area contributed by atoms with Crippen molar-refractivity contribution in [3.05, 3.63) is 83.7 Å². The van der Waals surface area contributed by atoms with Gasteiger partial charge in [-0.25, -0.2) is 4.98 Å². The van der Waals surface area contributed by atoms with E-state index in [2.05, 4.69) is 10.3 Å². The van der Waals surface area contributed by atoms with Crippen LogP contribution in [0.15, 0.2) is 67.0 Å². The Labute approximate surface area is 209 Å². The second-order valence-corrected chi connectivity index (χ2v) is 9.06. The molecule has 1 atom stereocenters. The molecule has 6 nitrogen and oxygen atoms in total. The lowest BCUT2D eigenvalue weighted by Gasteiger charge is -2.19. The third kappa shape index (κ3) is 5.71. The Balaban J connectivity index is 1.61. The Morgan fingerprint density at radius 1 is 1.14 bits per heavy atom. The van der Waals surface area contributed by atoms with E-state index < -0.39 is 6.55 Å². The van der Waals surface area contributed by atoms with E-state index in [1.165, 1.54) is 12.4 Å². The molecule has 1 amide bonds. The van der Waals surface area contributed by atoms with E-state index in [-0.39, 0.29) is 11.9 Å². The second-order valence-electron chi connectivity index (χ2n) is 9.06. The molecule has 0 aliphatic rings. The Hall–Kier alpha value is -3.78. The van der Waals surface area contributed by atoms with E-state index in [0.29, 0.717) is 29.2 Å². The highest BCUT2D eigenvalue weighted by molar-refractivity contribution is 5.96. The number of alkyl halides is 2. The Morgan fingerprint density at radius 2 is 1.92 bits per heavy atom. The quantitative estimate of drug-likeness (QED) is 0.319. The number of pyridine rings is 1. The molecule has 2 aromatic heterocycles. The van der Waals surface area contributed by atoms with E-state index in [1.54, 1.807) is 12.1 Å². The molecular formula is C28H30F2N4O2. The zero-order chi connectivity index (χ0) is 25.8. The highest BCUT2D eigenvalue weighted by Crippen LogP contribution is 2.30. The zero-order valence-electron chi connectivity index (χ0n) is 20.8. The van der Waals surface area contributed by atoms with Gasteiger partial charge >= 0.3 is 6.55 Å². The van der Waals surface area contributed by atoms with Crippen molar-refractivity contribution in [2.45, 2.75) is 26.4 Å². The summed E-state index contributed by atoms with van der Waals surface area (Å²) in [6.07, 6.45) is 2.71. The predicted molar refractivity (Wildman–Crippen MR) is 138 cm³/mol. The van der Waals surface area contributed by atoms with Crippen LogP contribution in [-0.2, 0) is 0 Å². The van der Waals surface area contributed by atoms with Gasteiger partial charge in [0.25, 0.3) is 5.91 Å². The van der Waals surface area contributed by atoms with Crippen molar-refractivity contribution in [2.75, 3.05) is 27.2 Å². The van der Waals surface area contributed by atoms with Crippen LogP contribution < -0.4 is 10.1 Å². The van der Waals surface area contributed by atoms with Gasteiger partial charge in [-0.05, 0) is 69.4 Å². The van der Waals surface area contributed by atoms with Crippen molar-refractivity contribution in [3.8, 4) is 17.0 Å². The summed E-state index contributed by atoms with van der Waals surface area (Å²) >= 11 is 0. The number of para-hydroxylation sites is 1. The van der Waals surface area contributed by atoms with Crippen LogP contribution >= 0.6 is 0 Å². The molecule has 1 N–H and O–H groups in total. The van der Waals surface area contributed by atoms with Gasteiger partial charge in [0, 0.05) is 35.5 Å². The fraction of sp³-hybridized carbons (Fsp3) is 0.286. The average molecular weight is 493 g/mol. The van der Waals surface area contributed by atoms with E-state index in [1.807, 2.05) is 75.3 Å². The molecule has 8 heteroatoms. The van der Waals surface area contributed by atoms with Gasteiger partial charge in [-0.1, -0.05) is 24.3 Å². The molecule has 0 unspecified atom stereocenters. The van der Waals surface area contributed by atoms with Crippen molar-refractivity contribution in [1.82, 2.24) is 19.8 Å². The van der Waals surface area contributed by atoms with Crippen LogP contribution in [0.2, 0.25) is 0 Å². The van der Waals surface area contributed by atoms with Crippen molar-refractivity contribution >= 4 is 16.8 Å². The number of benzene rings is 2. The predicted octanol–water partition coefficient (Wildman–Crippen LogP) is 5.84. The number of carbonyl (C=O) groups excluding carboxylic acids is 1. The van der Waals surface area contributed by atoms with Gasteiger partial charge in [0.15, 0.2) is 0 Å². The Bertz CT molecular complexity index is 1370. The molecule has 0 aliphatic heterocycles. The Morgan fingerprint density at radius 3 is 2.64 bits per heavy atom. The number of nitrogens with one attached hydrogen (secondary N) is 1. The number of fused-ring (bicyclic) bond motifs is 1. The van der Waals surface area contributed by atoms with Crippen molar-refractivity contribution in [1.29, 1.82) is 0 Å². The molecule has 0 spiro atoms. The first kappa shape index (κ1) is 25.3. The second kappa shape index (κ2) is 10.9. The average Bonchev–Trinajstić information content (AvgIpc) is 3.35. The molecule has 0 bridgehead atoms. The molecule has 0 radical (unpaired) electrons. The van der Waals surface area contributed by atoms with Crippen LogP contribution in [-0.4, -0.2) is 47.6 Å². The standard InChI is InChI=1S/C28H30F2N4O2/c1-18-9-10-21(36-14-13-33(3)4)15-23(18)27(35)31-19(2)24-16-26(20-11-12-34(17-20)28(29)30)32-25-8-6-5-7-22(24)25/h5-12,15-17,19,28H,13-14H2,1-4H3,(H,31,35)/t19-/m0/s1. The minimum Gasteiger partial charge on any atom is -0.492 e. The van der Waals surface area contributed by atoms with Gasteiger partial charge < -0.3 is 15.0 Å². The number of aryl methyl sites for hydroxylation is 1. The highest BCUT2D eigenvalue weighted by atomic mass is 19.3. The molecule has 4 aromatic rings. The summed E-state index contributed by atoms with van der Waals surface area (Å²) in [5, 5.41) is 3.98. The maximum Gasteiger partial charge on any atom is 0.318 e. The maximum absolute atomic E-state index is 13.3. The molecule has 0 saturated heterocycles. The van der Waals surface area contributed by atoms with Gasteiger partial charge in [-0.15, -0.1) is 0 Å². The number of halogens is 2. The molecule has 2 aromatic carbocycles. The lowest BCUT2D eigenvalue weighted by molar-refractivity contribution is 0.0707. The topological polar surface area (TPSA) is 59.4 Å². The summed E-state index contributed by atoms with van der Waals surface area (Å²) in [6, 6.07) is 16.2. The summed E-state index contributed by atoms with van der Waals surface area (Å²) in [5.41, 5.74) is 4.11. The maximum atomic E-state index is 13.3. The largest absolute Gasteiger partial charge is 0.492 e. The molecule has 188 valence electrons. The van der Waals surface area contributed by atoms with Crippen LogP contribution in [0.25, 0.3) is 22.2 Å². The molecule has 0 aliphatic carbocycles. The van der Waals surface area contributed by atoms with Gasteiger partial charge in [-0.2, -0.15) is 8.78 Å². The lowest BCUT2D eigenvalue weighted by Crippen LogP contribution is -2.27. The molecule has 0 fully saturated rings. The first-order chi connectivity index (χ1) is 17.2. The molecule has 2 heterocycles. The first-order valence-electron chi connectivity index (χ1n) is 11.8. The van der Waals surface area contributed by atoms with Crippen LogP contribution in [0.1, 0.15) is 41.0 Å². The fourth-order valence-electron chi connectivity index (χ4n) is 4.03. The lowest BCUT2D eigenvalue weighted by atomic mass is 9.99. The van der Waals surface area contributed by atoms with E-state index >= 15 is 0 Å². The SMILES string of the molecule is Cc1ccc(OCCN(C)C)cc1C(=O)N[C@@H](C)c1cc(-c2ccn(C(F)F)c2)nc2ccccc12. The molecule has 4 rings (SSSR count). The van der Waals surface area contributed by atoms with Crippen LogP contribution in [0, 0.1) is 6.92 Å².